The molecule has 350 valence electrons. The summed E-state index contributed by atoms with van der Waals surface area (Å²) in [6.45, 7) is 28.3. The van der Waals surface area contributed by atoms with Gasteiger partial charge in [-0.05, 0) is 108 Å². The van der Waals surface area contributed by atoms with Crippen LogP contribution >= 0.6 is 24.7 Å². The highest BCUT2D eigenvalue weighted by Crippen LogP contribution is 2.62. The summed E-state index contributed by atoms with van der Waals surface area (Å²) >= 11 is 0. The highest BCUT2D eigenvalue weighted by Gasteiger charge is 2.35. The van der Waals surface area contributed by atoms with Gasteiger partial charge in [0.2, 0.25) is 0 Å². The van der Waals surface area contributed by atoms with Crippen molar-refractivity contribution >= 4 is 24.7 Å². The van der Waals surface area contributed by atoms with E-state index in [0.717, 1.165) is 38.5 Å². The van der Waals surface area contributed by atoms with Crippen molar-refractivity contribution in [1.29, 1.82) is 0 Å². The third-order valence-electron chi connectivity index (χ3n) is 11.4. The fourth-order valence-corrected chi connectivity index (χ4v) is 13.1. The molecule has 0 heterocycles. The molecule has 0 radical (unpaired) electrons. The van der Waals surface area contributed by atoms with Gasteiger partial charge in [0.15, 0.2) is 0 Å². The molecule has 3 rings (SSSR count). The molecule has 1 N–H and O–H groups in total. The highest BCUT2D eigenvalue weighted by molar-refractivity contribution is 7.70. The summed E-state index contributed by atoms with van der Waals surface area (Å²) in [5.74, 6) is 2.03. The number of nitrogens with one attached hydrogen (secondary N) is 1. The molecule has 0 aliphatic carbocycles. The predicted molar refractivity (Wildman–Crippen MR) is 268 cm³/mol. The summed E-state index contributed by atoms with van der Waals surface area (Å²) in [6.07, 6.45) is 16.7. The Bertz CT molecular complexity index is 1700. The van der Waals surface area contributed by atoms with E-state index in [9.17, 15) is 0 Å². The number of hydrogen-bond donors (Lipinski definition) is 1. The van der Waals surface area contributed by atoms with Gasteiger partial charge in [-0.25, -0.2) is 0 Å². The van der Waals surface area contributed by atoms with E-state index in [0.29, 0.717) is 37.1 Å². The molecule has 0 bridgehead atoms. The summed E-state index contributed by atoms with van der Waals surface area (Å²) in [5.41, 5.74) is 4.02. The zero-order chi connectivity index (χ0) is 45.5. The maximum Gasteiger partial charge on any atom is 0.377 e. The minimum absolute atomic E-state index is 0.0358. The topological polar surface area (TPSA) is 79.8 Å². The summed E-state index contributed by atoms with van der Waals surface area (Å²) in [7, 11) is -7.14. The average Bonchev–Trinajstić information content (AvgIpc) is 3.24. The normalized spacial score (nSPS) is 14.3. The van der Waals surface area contributed by atoms with Crippen LogP contribution in [-0.4, -0.2) is 19.8 Å². The molecule has 0 saturated carbocycles. The van der Waals surface area contributed by atoms with Crippen molar-refractivity contribution in [3.63, 3.8) is 0 Å². The van der Waals surface area contributed by atoms with Crippen molar-refractivity contribution < 1.29 is 27.1 Å². The van der Waals surface area contributed by atoms with Gasteiger partial charge in [0.25, 0.3) is 0 Å². The molecule has 3 aromatic carbocycles. The molecule has 0 amide bonds. The Morgan fingerprint density at radius 2 is 0.855 bits per heavy atom. The van der Waals surface area contributed by atoms with Gasteiger partial charge in [0, 0.05) is 0 Å². The molecule has 62 heavy (non-hydrogen) atoms. The van der Waals surface area contributed by atoms with Crippen LogP contribution in [0.25, 0.3) is 0 Å². The van der Waals surface area contributed by atoms with Gasteiger partial charge in [0.1, 0.15) is 17.2 Å². The SMILES string of the molecule is CCCCCC(C)(C)c1ccc(OP(N=P(NP(OCCC)Oc2ccc(C(C)(C)CCCCC)cc2)(OCCC)Oc2ccc(C(C)(C)CCCCC)cc2)OCCC)cc1. The first-order valence-electron chi connectivity index (χ1n) is 23.9. The maximum atomic E-state index is 7.01. The van der Waals surface area contributed by atoms with E-state index in [2.05, 4.69) is 124 Å². The minimum Gasteiger partial charge on any atom is -0.436 e. The van der Waals surface area contributed by atoms with Crippen LogP contribution < -0.4 is 18.4 Å². The number of nitrogens with zero attached hydrogens (tertiary/aromatic N) is 1. The molecular formula is C51H85N2O6P3. The first kappa shape index (κ1) is 54.3. The van der Waals surface area contributed by atoms with E-state index in [1.807, 2.05) is 36.4 Å². The largest absolute Gasteiger partial charge is 0.436 e. The summed E-state index contributed by atoms with van der Waals surface area (Å²) in [5, 5.41) is 0. The monoisotopic (exact) mass is 915 g/mol. The second-order valence-corrected chi connectivity index (χ2v) is 23.4. The quantitative estimate of drug-likeness (QED) is 0.0481. The molecule has 11 heteroatoms. The molecule has 0 saturated heterocycles. The smallest absolute Gasteiger partial charge is 0.377 e. The van der Waals surface area contributed by atoms with Crippen LogP contribution in [-0.2, 0) is 29.8 Å². The van der Waals surface area contributed by atoms with Crippen LogP contribution in [0.5, 0.6) is 17.2 Å². The van der Waals surface area contributed by atoms with Crippen molar-refractivity contribution in [1.82, 2.24) is 4.86 Å². The third kappa shape index (κ3) is 18.8. The highest BCUT2D eigenvalue weighted by atomic mass is 31.3. The number of unbranched alkanes of at least 4 members (excludes halogenated alkanes) is 6. The molecule has 0 aliphatic heterocycles. The first-order chi connectivity index (χ1) is 29.7. The summed E-state index contributed by atoms with van der Waals surface area (Å²) in [4.78, 5) is 3.62. The Morgan fingerprint density at radius 3 is 1.26 bits per heavy atom. The van der Waals surface area contributed by atoms with Crippen LogP contribution in [0, 0.1) is 0 Å². The third-order valence-corrected chi connectivity index (χ3v) is 17.2. The lowest BCUT2D eigenvalue weighted by atomic mass is 9.80. The molecule has 0 aromatic heterocycles. The van der Waals surface area contributed by atoms with E-state index in [-0.39, 0.29) is 16.2 Å². The lowest BCUT2D eigenvalue weighted by Gasteiger charge is -2.30. The van der Waals surface area contributed by atoms with Crippen LogP contribution in [0.3, 0.4) is 0 Å². The summed E-state index contributed by atoms with van der Waals surface area (Å²) < 4.78 is 45.4. The predicted octanol–water partition coefficient (Wildman–Crippen LogP) is 18.1. The first-order valence-corrected chi connectivity index (χ1v) is 27.8. The van der Waals surface area contributed by atoms with Crippen LogP contribution in [0.15, 0.2) is 77.3 Å². The lowest BCUT2D eigenvalue weighted by Crippen LogP contribution is -2.18. The van der Waals surface area contributed by atoms with E-state index in [1.54, 1.807) is 0 Å². The zero-order valence-corrected chi connectivity index (χ0v) is 43.6. The molecule has 3 atom stereocenters. The Balaban J connectivity index is 2.10. The van der Waals surface area contributed by atoms with Crippen molar-refractivity contribution in [2.75, 3.05) is 19.8 Å². The Kier molecular flexibility index (Phi) is 24.6. The molecule has 3 unspecified atom stereocenters. The van der Waals surface area contributed by atoms with Crippen molar-refractivity contribution in [3.8, 4) is 17.2 Å². The van der Waals surface area contributed by atoms with Gasteiger partial charge in [-0.15, -0.1) is 9.37 Å². The molecule has 0 fully saturated rings. The second-order valence-electron chi connectivity index (χ2n) is 18.6. The van der Waals surface area contributed by atoms with Gasteiger partial charge in [-0.3, -0.25) is 0 Å². The van der Waals surface area contributed by atoms with Gasteiger partial charge >= 0.3 is 24.7 Å². The fourth-order valence-electron chi connectivity index (χ4n) is 7.16. The van der Waals surface area contributed by atoms with Crippen LogP contribution in [0.2, 0.25) is 0 Å². The Morgan fingerprint density at radius 1 is 0.468 bits per heavy atom. The van der Waals surface area contributed by atoms with E-state index < -0.39 is 24.7 Å². The zero-order valence-electron chi connectivity index (χ0n) is 40.9. The Labute approximate surface area is 381 Å². The van der Waals surface area contributed by atoms with Gasteiger partial charge < -0.3 is 27.1 Å². The van der Waals surface area contributed by atoms with Crippen LogP contribution in [0.1, 0.15) is 196 Å². The van der Waals surface area contributed by atoms with E-state index >= 15 is 0 Å². The molecule has 8 nitrogen and oxygen atoms in total. The number of benzene rings is 3. The second kappa shape index (κ2) is 28.1. The van der Waals surface area contributed by atoms with Crippen molar-refractivity contribution in [2.45, 2.75) is 196 Å². The van der Waals surface area contributed by atoms with Gasteiger partial charge in [0.05, 0.1) is 19.8 Å². The average molecular weight is 915 g/mol. The maximum absolute atomic E-state index is 7.01. The van der Waals surface area contributed by atoms with Crippen molar-refractivity contribution in [2.24, 2.45) is 4.52 Å². The molecule has 0 spiro atoms. The molecular weight excluding hydrogens is 829 g/mol. The lowest BCUT2D eigenvalue weighted by molar-refractivity contribution is 0.286. The van der Waals surface area contributed by atoms with Crippen molar-refractivity contribution in [3.05, 3.63) is 89.5 Å². The van der Waals surface area contributed by atoms with E-state index in [1.165, 1.54) is 74.5 Å². The Hall–Kier alpha value is -2.01. The number of hydrogen-bond acceptors (Lipinski definition) is 7. The number of rotatable bonds is 33. The molecule has 0 aliphatic rings. The molecule has 3 aromatic rings. The summed E-state index contributed by atoms with van der Waals surface area (Å²) in [6, 6.07) is 25.3. The van der Waals surface area contributed by atoms with Gasteiger partial charge in [-0.2, -0.15) is 0 Å². The van der Waals surface area contributed by atoms with E-state index in [4.69, 9.17) is 31.7 Å². The van der Waals surface area contributed by atoms with Crippen LogP contribution in [0.4, 0.5) is 0 Å². The minimum atomic E-state index is -3.45. The van der Waals surface area contributed by atoms with Gasteiger partial charge in [-0.1, -0.05) is 177 Å². The fraction of sp³-hybridized carbons (Fsp3) is 0.647. The standard InChI is InChI=1S/C51H85N2O6P3/c1-13-19-22-37-49(7,8)43-25-31-46(32-26-43)57-60(54-40-16-4)52-62(56-42-18-6,59-48-35-29-45(30-36-48)51(11,12)39-24-21-15-3)53-61(55-41-17-5)58-47-33-27-44(28-34-47)50(9,10)38-23-20-14-2/h25-36,52H,13-24,37-42H2,1-12H3.